The van der Waals surface area contributed by atoms with Crippen LogP contribution in [0.25, 0.3) is 0 Å². The van der Waals surface area contributed by atoms with Gasteiger partial charge in [-0.1, -0.05) is 0 Å². The zero-order valence-corrected chi connectivity index (χ0v) is 14.4. The van der Waals surface area contributed by atoms with Gasteiger partial charge in [0.05, 0.1) is 5.56 Å². The van der Waals surface area contributed by atoms with Crippen molar-refractivity contribution in [1.82, 2.24) is 4.57 Å². The molecule has 25 heavy (non-hydrogen) atoms. The molecule has 1 amide bonds. The van der Waals surface area contributed by atoms with E-state index in [1.807, 2.05) is 25.3 Å². The number of hydrogen-bond donors (Lipinski definition) is 1. The number of amides is 1. The Morgan fingerprint density at radius 2 is 1.96 bits per heavy atom. The van der Waals surface area contributed by atoms with Crippen LogP contribution in [0.2, 0.25) is 0 Å². The number of anilines is 1. The SMILES string of the molecule is CCn1c(C)cc(C(=O)OCC(=O)Nc2ccc3c(c2)OCO3)c1C. The lowest BCUT2D eigenvalue weighted by molar-refractivity contribution is -0.119. The molecular weight excluding hydrogens is 324 g/mol. The lowest BCUT2D eigenvalue weighted by Gasteiger charge is -2.08. The second-order valence-corrected chi connectivity index (χ2v) is 5.72. The Bertz CT molecular complexity index is 825. The van der Waals surface area contributed by atoms with Crippen LogP contribution in [0, 0.1) is 13.8 Å². The fourth-order valence-corrected chi connectivity index (χ4v) is 2.87. The van der Waals surface area contributed by atoms with Gasteiger partial charge >= 0.3 is 5.97 Å². The number of hydrogen-bond acceptors (Lipinski definition) is 5. The normalized spacial score (nSPS) is 12.1. The predicted octanol–water partition coefficient (Wildman–Crippen LogP) is 2.65. The van der Waals surface area contributed by atoms with Crippen LogP contribution in [-0.4, -0.2) is 29.8 Å². The summed E-state index contributed by atoms with van der Waals surface area (Å²) < 4.78 is 17.6. The lowest BCUT2D eigenvalue weighted by atomic mass is 10.2. The van der Waals surface area contributed by atoms with Crippen LogP contribution in [0.1, 0.15) is 28.7 Å². The van der Waals surface area contributed by atoms with Crippen LogP contribution in [0.3, 0.4) is 0 Å². The number of carbonyl (C=O) groups is 2. The summed E-state index contributed by atoms with van der Waals surface area (Å²) in [4.78, 5) is 24.2. The van der Waals surface area contributed by atoms with E-state index in [-0.39, 0.29) is 13.4 Å². The summed E-state index contributed by atoms with van der Waals surface area (Å²) in [7, 11) is 0. The Balaban J connectivity index is 1.58. The molecule has 2 aromatic rings. The molecule has 7 heteroatoms. The third kappa shape index (κ3) is 3.45. The number of carbonyl (C=O) groups excluding carboxylic acids is 2. The van der Waals surface area contributed by atoms with E-state index in [1.165, 1.54) is 0 Å². The quantitative estimate of drug-likeness (QED) is 0.844. The molecule has 0 saturated heterocycles. The van der Waals surface area contributed by atoms with Gasteiger partial charge in [-0.2, -0.15) is 0 Å². The maximum absolute atomic E-state index is 12.2. The molecule has 132 valence electrons. The molecule has 7 nitrogen and oxygen atoms in total. The Labute approximate surface area is 145 Å². The third-order valence-corrected chi connectivity index (χ3v) is 4.10. The molecule has 0 radical (unpaired) electrons. The van der Waals surface area contributed by atoms with Crippen molar-refractivity contribution in [1.29, 1.82) is 0 Å². The first-order chi connectivity index (χ1) is 12.0. The Morgan fingerprint density at radius 1 is 1.20 bits per heavy atom. The highest BCUT2D eigenvalue weighted by atomic mass is 16.7. The number of aryl methyl sites for hydroxylation is 1. The molecule has 0 atom stereocenters. The number of aromatic nitrogens is 1. The standard InChI is InChI=1S/C18H20N2O5/c1-4-20-11(2)7-14(12(20)3)18(22)23-9-17(21)19-13-5-6-15-16(8-13)25-10-24-15/h5-8H,4,9-10H2,1-3H3,(H,19,21). The van der Waals surface area contributed by atoms with Gasteiger partial charge in [0.2, 0.25) is 6.79 Å². The van der Waals surface area contributed by atoms with E-state index in [0.717, 1.165) is 17.9 Å². The van der Waals surface area contributed by atoms with Crippen LogP contribution in [0.5, 0.6) is 11.5 Å². The zero-order valence-electron chi connectivity index (χ0n) is 14.4. The number of nitrogens with zero attached hydrogens (tertiary/aromatic N) is 1. The third-order valence-electron chi connectivity index (χ3n) is 4.10. The Kier molecular flexibility index (Phi) is 4.65. The van der Waals surface area contributed by atoms with Crippen LogP contribution in [-0.2, 0) is 16.1 Å². The lowest BCUT2D eigenvalue weighted by Crippen LogP contribution is -2.21. The van der Waals surface area contributed by atoms with Crippen molar-refractivity contribution < 1.29 is 23.8 Å². The number of nitrogens with one attached hydrogen (secondary N) is 1. The molecule has 0 aliphatic carbocycles. The van der Waals surface area contributed by atoms with Crippen molar-refractivity contribution >= 4 is 17.6 Å². The highest BCUT2D eigenvalue weighted by Crippen LogP contribution is 2.34. The van der Waals surface area contributed by atoms with Gasteiger partial charge in [0.15, 0.2) is 18.1 Å². The maximum atomic E-state index is 12.2. The molecule has 0 bridgehead atoms. The number of esters is 1. The van der Waals surface area contributed by atoms with Crippen LogP contribution in [0.4, 0.5) is 5.69 Å². The van der Waals surface area contributed by atoms with Crippen LogP contribution >= 0.6 is 0 Å². The van der Waals surface area contributed by atoms with Crippen LogP contribution < -0.4 is 14.8 Å². The molecule has 3 rings (SSSR count). The highest BCUT2D eigenvalue weighted by Gasteiger charge is 2.18. The molecule has 1 aromatic heterocycles. The first-order valence-electron chi connectivity index (χ1n) is 8.03. The summed E-state index contributed by atoms with van der Waals surface area (Å²) in [6.45, 7) is 6.38. The Hall–Kier alpha value is -2.96. The van der Waals surface area contributed by atoms with E-state index in [9.17, 15) is 9.59 Å². The topological polar surface area (TPSA) is 78.8 Å². The molecule has 1 N–H and O–H groups in total. The van der Waals surface area contributed by atoms with E-state index in [4.69, 9.17) is 14.2 Å². The summed E-state index contributed by atoms with van der Waals surface area (Å²) in [5.41, 5.74) is 2.85. The summed E-state index contributed by atoms with van der Waals surface area (Å²) in [6, 6.07) is 6.85. The minimum Gasteiger partial charge on any atom is -0.454 e. The van der Waals surface area contributed by atoms with Crippen molar-refractivity contribution in [2.75, 3.05) is 18.7 Å². The van der Waals surface area contributed by atoms with Gasteiger partial charge in [-0.25, -0.2) is 4.79 Å². The number of rotatable bonds is 5. The van der Waals surface area contributed by atoms with Crippen molar-refractivity contribution in [3.05, 3.63) is 41.2 Å². The fraction of sp³-hybridized carbons (Fsp3) is 0.333. The molecule has 0 saturated carbocycles. The van der Waals surface area contributed by atoms with Crippen molar-refractivity contribution in [2.45, 2.75) is 27.3 Å². The van der Waals surface area contributed by atoms with Gasteiger partial charge in [0.1, 0.15) is 0 Å². The molecule has 1 aromatic carbocycles. The van der Waals surface area contributed by atoms with E-state index in [2.05, 4.69) is 5.32 Å². The molecule has 2 heterocycles. The largest absolute Gasteiger partial charge is 0.454 e. The van der Waals surface area contributed by atoms with Gasteiger partial charge in [-0.3, -0.25) is 4.79 Å². The summed E-state index contributed by atoms with van der Waals surface area (Å²) >= 11 is 0. The first kappa shape index (κ1) is 16.9. The van der Waals surface area contributed by atoms with Crippen molar-refractivity contribution in [3.63, 3.8) is 0 Å². The molecule has 0 spiro atoms. The van der Waals surface area contributed by atoms with Gasteiger partial charge in [-0.05, 0) is 39.0 Å². The van der Waals surface area contributed by atoms with E-state index < -0.39 is 11.9 Å². The minimum absolute atomic E-state index is 0.167. The smallest absolute Gasteiger partial charge is 0.340 e. The van der Waals surface area contributed by atoms with Gasteiger partial charge < -0.3 is 24.1 Å². The number of benzene rings is 1. The highest BCUT2D eigenvalue weighted by molar-refractivity contribution is 5.96. The first-order valence-corrected chi connectivity index (χ1v) is 8.03. The van der Waals surface area contributed by atoms with E-state index >= 15 is 0 Å². The van der Waals surface area contributed by atoms with Crippen molar-refractivity contribution in [3.8, 4) is 11.5 Å². The predicted molar refractivity (Wildman–Crippen MR) is 91.1 cm³/mol. The Morgan fingerprint density at radius 3 is 2.68 bits per heavy atom. The molecular formula is C18H20N2O5. The second kappa shape index (κ2) is 6.88. The van der Waals surface area contributed by atoms with Gasteiger partial charge in [0.25, 0.3) is 5.91 Å². The monoisotopic (exact) mass is 344 g/mol. The zero-order chi connectivity index (χ0) is 18.0. The average molecular weight is 344 g/mol. The van der Waals surface area contributed by atoms with Crippen molar-refractivity contribution in [2.24, 2.45) is 0 Å². The molecule has 0 unspecified atom stereocenters. The van der Waals surface area contributed by atoms with E-state index in [1.54, 1.807) is 24.3 Å². The number of fused-ring (bicyclic) bond motifs is 1. The molecule has 1 aliphatic heterocycles. The second-order valence-electron chi connectivity index (χ2n) is 5.72. The number of ether oxygens (including phenoxy) is 3. The molecule has 0 fully saturated rings. The minimum atomic E-state index is -0.506. The van der Waals surface area contributed by atoms with Gasteiger partial charge in [0, 0.05) is 29.7 Å². The maximum Gasteiger partial charge on any atom is 0.340 e. The summed E-state index contributed by atoms with van der Waals surface area (Å²) in [6.07, 6.45) is 0. The van der Waals surface area contributed by atoms with E-state index in [0.29, 0.717) is 22.7 Å². The average Bonchev–Trinajstić information content (AvgIpc) is 3.16. The fourth-order valence-electron chi connectivity index (χ4n) is 2.87. The van der Waals surface area contributed by atoms with Gasteiger partial charge in [-0.15, -0.1) is 0 Å². The van der Waals surface area contributed by atoms with Crippen LogP contribution in [0.15, 0.2) is 24.3 Å². The summed E-state index contributed by atoms with van der Waals surface area (Å²) in [5.74, 6) is 0.280. The summed E-state index contributed by atoms with van der Waals surface area (Å²) in [5, 5.41) is 2.66. The molecule has 1 aliphatic rings.